The quantitative estimate of drug-likeness (QED) is 0.516. The Hall–Kier alpha value is -1.97. The number of fused-ring (bicyclic) bond motifs is 2. The van der Waals surface area contributed by atoms with E-state index in [0.29, 0.717) is 16.9 Å². The standard InChI is InChI=1S/C25H30F2O2/c1-3-4-15-5-6-17-12-18(8-7-16(17)11-15)20-10-9-19-13-22(25(28)29-2)23(26)14-21(19)24(20)27/h9-10,13-18H,3-8,11-12H2,1-2H3. The van der Waals surface area contributed by atoms with Crippen molar-refractivity contribution in [2.24, 2.45) is 17.8 Å². The van der Waals surface area contributed by atoms with Crippen molar-refractivity contribution < 1.29 is 18.3 Å². The average molecular weight is 401 g/mol. The molecule has 2 aromatic carbocycles. The Morgan fingerprint density at radius 3 is 2.59 bits per heavy atom. The van der Waals surface area contributed by atoms with Crippen molar-refractivity contribution in [3.63, 3.8) is 0 Å². The number of halogens is 2. The van der Waals surface area contributed by atoms with Crippen LogP contribution in [0.15, 0.2) is 24.3 Å². The largest absolute Gasteiger partial charge is 0.465 e. The SMILES string of the molecule is CCCC1CCC2CC(c3ccc4cc(C(=O)OC)c(F)cc4c3F)CCC2C1. The molecule has 29 heavy (non-hydrogen) atoms. The minimum absolute atomic E-state index is 0.156. The van der Waals surface area contributed by atoms with Crippen LogP contribution in [0, 0.1) is 29.4 Å². The lowest BCUT2D eigenvalue weighted by Crippen LogP contribution is -2.30. The molecule has 0 bridgehead atoms. The van der Waals surface area contributed by atoms with Crippen LogP contribution in [0.2, 0.25) is 0 Å². The van der Waals surface area contributed by atoms with Gasteiger partial charge in [-0.05, 0) is 78.9 Å². The van der Waals surface area contributed by atoms with E-state index in [1.54, 1.807) is 0 Å². The number of methoxy groups -OCH3 is 1. The van der Waals surface area contributed by atoms with E-state index in [0.717, 1.165) is 30.7 Å². The van der Waals surface area contributed by atoms with E-state index in [1.807, 2.05) is 12.1 Å². The first-order valence-electron chi connectivity index (χ1n) is 11.0. The van der Waals surface area contributed by atoms with Gasteiger partial charge in [-0.3, -0.25) is 0 Å². The summed E-state index contributed by atoms with van der Waals surface area (Å²) >= 11 is 0. The smallest absolute Gasteiger partial charge is 0.340 e. The maximum atomic E-state index is 15.4. The zero-order chi connectivity index (χ0) is 20.5. The molecule has 2 fully saturated rings. The Morgan fingerprint density at radius 2 is 1.83 bits per heavy atom. The van der Waals surface area contributed by atoms with Gasteiger partial charge in [0.1, 0.15) is 11.6 Å². The van der Waals surface area contributed by atoms with E-state index in [9.17, 15) is 9.18 Å². The van der Waals surface area contributed by atoms with Crippen molar-refractivity contribution in [1.82, 2.24) is 0 Å². The number of rotatable bonds is 4. The van der Waals surface area contributed by atoms with Gasteiger partial charge in [0, 0.05) is 5.39 Å². The molecule has 4 rings (SSSR count). The first kappa shape index (κ1) is 20.3. The fourth-order valence-corrected chi connectivity index (χ4v) is 5.85. The Bertz CT molecular complexity index is 907. The molecule has 0 amide bonds. The highest BCUT2D eigenvalue weighted by molar-refractivity contribution is 5.96. The zero-order valence-corrected chi connectivity index (χ0v) is 17.3. The van der Waals surface area contributed by atoms with Crippen LogP contribution in [0.25, 0.3) is 10.8 Å². The lowest BCUT2D eigenvalue weighted by atomic mass is 9.63. The normalized spacial score (nSPS) is 26.9. The summed E-state index contributed by atoms with van der Waals surface area (Å²) in [6.45, 7) is 2.27. The summed E-state index contributed by atoms with van der Waals surface area (Å²) in [4.78, 5) is 11.7. The summed E-state index contributed by atoms with van der Waals surface area (Å²) in [6, 6.07) is 6.17. The second kappa shape index (κ2) is 8.41. The molecule has 2 aliphatic rings. The van der Waals surface area contributed by atoms with Crippen molar-refractivity contribution in [3.05, 3.63) is 47.0 Å². The maximum Gasteiger partial charge on any atom is 0.340 e. The van der Waals surface area contributed by atoms with Crippen molar-refractivity contribution in [3.8, 4) is 0 Å². The molecular formula is C25H30F2O2. The summed E-state index contributed by atoms with van der Waals surface area (Å²) in [7, 11) is 1.21. The molecule has 4 heteroatoms. The molecule has 0 aromatic heterocycles. The van der Waals surface area contributed by atoms with Crippen LogP contribution in [0.5, 0.6) is 0 Å². The third-order valence-electron chi connectivity index (χ3n) is 7.34. The summed E-state index contributed by atoms with van der Waals surface area (Å²) in [5, 5.41) is 0.781. The topological polar surface area (TPSA) is 26.3 Å². The average Bonchev–Trinajstić information content (AvgIpc) is 2.73. The van der Waals surface area contributed by atoms with Gasteiger partial charge in [-0.2, -0.15) is 0 Å². The second-order valence-electron chi connectivity index (χ2n) is 9.01. The highest BCUT2D eigenvalue weighted by atomic mass is 19.1. The van der Waals surface area contributed by atoms with Crippen molar-refractivity contribution in [2.75, 3.05) is 7.11 Å². The molecule has 4 unspecified atom stereocenters. The second-order valence-corrected chi connectivity index (χ2v) is 9.01. The van der Waals surface area contributed by atoms with Crippen LogP contribution in [-0.4, -0.2) is 13.1 Å². The Morgan fingerprint density at radius 1 is 1.07 bits per heavy atom. The first-order chi connectivity index (χ1) is 14.0. The van der Waals surface area contributed by atoms with E-state index in [1.165, 1.54) is 51.7 Å². The number of carbonyl (C=O) groups excluding carboxylic acids is 1. The van der Waals surface area contributed by atoms with Gasteiger partial charge in [-0.1, -0.05) is 38.3 Å². The van der Waals surface area contributed by atoms with E-state index in [4.69, 9.17) is 0 Å². The number of esters is 1. The molecule has 2 aliphatic carbocycles. The highest BCUT2D eigenvalue weighted by Gasteiger charge is 2.36. The first-order valence-corrected chi connectivity index (χ1v) is 11.0. The minimum Gasteiger partial charge on any atom is -0.465 e. The summed E-state index contributed by atoms with van der Waals surface area (Å²) in [5.41, 5.74) is 0.549. The maximum absolute atomic E-state index is 15.4. The van der Waals surface area contributed by atoms with Crippen LogP contribution >= 0.6 is 0 Å². The van der Waals surface area contributed by atoms with Gasteiger partial charge in [0.05, 0.1) is 12.7 Å². The molecule has 0 heterocycles. The molecule has 0 radical (unpaired) electrons. The highest BCUT2D eigenvalue weighted by Crippen LogP contribution is 2.49. The molecule has 0 N–H and O–H groups in total. The number of hydrogen-bond donors (Lipinski definition) is 0. The minimum atomic E-state index is -0.745. The van der Waals surface area contributed by atoms with Crippen molar-refractivity contribution in [1.29, 1.82) is 0 Å². The summed E-state index contributed by atoms with van der Waals surface area (Å²) in [5.74, 6) is 0.745. The number of carbonyl (C=O) groups is 1. The molecular weight excluding hydrogens is 370 g/mol. The van der Waals surface area contributed by atoms with Gasteiger partial charge in [0.2, 0.25) is 0 Å². The van der Waals surface area contributed by atoms with Crippen LogP contribution in [0.3, 0.4) is 0 Å². The van der Waals surface area contributed by atoms with E-state index in [-0.39, 0.29) is 22.7 Å². The molecule has 2 saturated carbocycles. The van der Waals surface area contributed by atoms with E-state index in [2.05, 4.69) is 11.7 Å². The predicted molar refractivity (Wildman–Crippen MR) is 111 cm³/mol. The number of ether oxygens (including phenoxy) is 1. The predicted octanol–water partition coefficient (Wildman–Crippen LogP) is 7.00. The van der Waals surface area contributed by atoms with E-state index >= 15 is 4.39 Å². The molecule has 0 saturated heterocycles. The molecule has 2 nitrogen and oxygen atoms in total. The summed E-state index contributed by atoms with van der Waals surface area (Å²) in [6.07, 6.45) is 9.73. The van der Waals surface area contributed by atoms with Crippen LogP contribution in [0.4, 0.5) is 8.78 Å². The van der Waals surface area contributed by atoms with Crippen LogP contribution in [0.1, 0.15) is 80.1 Å². The third-order valence-corrected chi connectivity index (χ3v) is 7.34. The Balaban J connectivity index is 1.57. The van der Waals surface area contributed by atoms with Crippen LogP contribution in [-0.2, 0) is 4.74 Å². The van der Waals surface area contributed by atoms with Gasteiger partial charge in [-0.15, -0.1) is 0 Å². The van der Waals surface area contributed by atoms with E-state index < -0.39 is 11.8 Å². The lowest BCUT2D eigenvalue weighted by molar-refractivity contribution is 0.0595. The van der Waals surface area contributed by atoms with Gasteiger partial charge in [0.15, 0.2) is 0 Å². The molecule has 0 aliphatic heterocycles. The van der Waals surface area contributed by atoms with Crippen molar-refractivity contribution >= 4 is 16.7 Å². The lowest BCUT2D eigenvalue weighted by Gasteiger charge is -2.42. The van der Waals surface area contributed by atoms with Gasteiger partial charge < -0.3 is 4.74 Å². The van der Waals surface area contributed by atoms with Gasteiger partial charge >= 0.3 is 5.97 Å². The zero-order valence-electron chi connectivity index (χ0n) is 17.3. The fourth-order valence-electron chi connectivity index (χ4n) is 5.85. The van der Waals surface area contributed by atoms with Crippen molar-refractivity contribution in [2.45, 2.75) is 64.2 Å². The number of hydrogen-bond acceptors (Lipinski definition) is 2. The molecule has 4 atom stereocenters. The molecule has 0 spiro atoms. The van der Waals surface area contributed by atoms with Gasteiger partial charge in [0.25, 0.3) is 0 Å². The fraction of sp³-hybridized carbons (Fsp3) is 0.560. The van der Waals surface area contributed by atoms with Crippen LogP contribution < -0.4 is 0 Å². The third kappa shape index (κ3) is 3.91. The Kier molecular flexibility index (Phi) is 5.89. The monoisotopic (exact) mass is 400 g/mol. The van der Waals surface area contributed by atoms with Gasteiger partial charge in [-0.25, -0.2) is 13.6 Å². The molecule has 2 aromatic rings. The summed E-state index contributed by atoms with van der Waals surface area (Å²) < 4.78 is 34.3. The molecule has 156 valence electrons. The Labute approximate surface area is 171 Å². The number of benzene rings is 2.